The first-order valence-corrected chi connectivity index (χ1v) is 4.63. The van der Waals surface area contributed by atoms with E-state index in [1.165, 1.54) is 4.90 Å². The molecule has 1 aliphatic heterocycles. The summed E-state index contributed by atoms with van der Waals surface area (Å²) in [6.45, 7) is 3.11. The van der Waals surface area contributed by atoms with Crippen molar-refractivity contribution in [1.82, 2.24) is 4.90 Å². The molecule has 0 bridgehead atoms. The molecule has 0 radical (unpaired) electrons. The van der Waals surface area contributed by atoms with Gasteiger partial charge in [0.1, 0.15) is 0 Å². The van der Waals surface area contributed by atoms with E-state index in [1.807, 2.05) is 0 Å². The summed E-state index contributed by atoms with van der Waals surface area (Å²) in [5.41, 5.74) is 0. The second-order valence-electron chi connectivity index (χ2n) is 3.92. The molecule has 1 nitrogen and oxygen atoms in total. The van der Waals surface area contributed by atoms with E-state index in [9.17, 15) is 8.78 Å². The number of alkyl halides is 2. The molecule has 1 atom stereocenters. The van der Waals surface area contributed by atoms with Crippen LogP contribution >= 0.6 is 0 Å². The van der Waals surface area contributed by atoms with Gasteiger partial charge in [0.05, 0.1) is 0 Å². The fourth-order valence-electron chi connectivity index (χ4n) is 1.76. The fourth-order valence-corrected chi connectivity index (χ4v) is 1.76. The van der Waals surface area contributed by atoms with Gasteiger partial charge in [-0.2, -0.15) is 8.78 Å². The lowest BCUT2D eigenvalue weighted by atomic mass is 9.88. The number of hydrogen-bond donors (Lipinski definition) is 0. The summed E-state index contributed by atoms with van der Waals surface area (Å²) in [6, 6.07) is 0. The molecule has 1 rings (SSSR count). The lowest BCUT2D eigenvalue weighted by Gasteiger charge is -2.33. The van der Waals surface area contributed by atoms with E-state index in [0.29, 0.717) is 24.9 Å². The average molecular weight is 177 g/mol. The summed E-state index contributed by atoms with van der Waals surface area (Å²) < 4.78 is 24.6. The van der Waals surface area contributed by atoms with E-state index in [4.69, 9.17) is 0 Å². The van der Waals surface area contributed by atoms with Gasteiger partial charge in [-0.1, -0.05) is 13.8 Å². The molecule has 1 heterocycles. The average Bonchev–Trinajstić information content (AvgIpc) is 2.04. The van der Waals surface area contributed by atoms with Crippen LogP contribution in [0.3, 0.4) is 0 Å². The Kier molecular flexibility index (Phi) is 3.44. The summed E-state index contributed by atoms with van der Waals surface area (Å²) >= 11 is 0. The monoisotopic (exact) mass is 177 g/mol. The van der Waals surface area contributed by atoms with Crippen molar-refractivity contribution in [2.45, 2.75) is 33.2 Å². The van der Waals surface area contributed by atoms with Crippen LogP contribution in [-0.2, 0) is 0 Å². The first-order chi connectivity index (χ1) is 5.61. The number of halogens is 2. The summed E-state index contributed by atoms with van der Waals surface area (Å²) in [6.07, 6.45) is 2.04. The van der Waals surface area contributed by atoms with Gasteiger partial charge in [0, 0.05) is 13.1 Å². The van der Waals surface area contributed by atoms with Crippen LogP contribution in [-0.4, -0.2) is 24.5 Å². The van der Waals surface area contributed by atoms with Gasteiger partial charge < -0.3 is 0 Å². The summed E-state index contributed by atoms with van der Waals surface area (Å²) in [5, 5.41) is 0. The Bertz CT molecular complexity index is 122. The first kappa shape index (κ1) is 9.90. The molecule has 1 saturated heterocycles. The topological polar surface area (TPSA) is 3.24 Å². The molecule has 0 amide bonds. The maximum absolute atomic E-state index is 12.3. The van der Waals surface area contributed by atoms with Crippen LogP contribution in [0.5, 0.6) is 0 Å². The minimum absolute atomic E-state index is 0.466. The maximum Gasteiger partial charge on any atom is 0.294 e. The molecular formula is C9H17F2N. The zero-order valence-electron chi connectivity index (χ0n) is 7.76. The molecule has 0 saturated carbocycles. The third-order valence-electron chi connectivity index (χ3n) is 2.71. The Morgan fingerprint density at radius 1 is 1.33 bits per heavy atom. The number of nitrogens with zero attached hydrogens (tertiary/aromatic N) is 1. The van der Waals surface area contributed by atoms with Gasteiger partial charge in [-0.15, -0.1) is 0 Å². The van der Waals surface area contributed by atoms with Gasteiger partial charge in [-0.3, -0.25) is 0 Å². The van der Waals surface area contributed by atoms with Crippen molar-refractivity contribution in [2.24, 2.45) is 11.8 Å². The van der Waals surface area contributed by atoms with Crippen LogP contribution in [0.1, 0.15) is 26.7 Å². The second-order valence-corrected chi connectivity index (χ2v) is 3.92. The van der Waals surface area contributed by atoms with Crippen molar-refractivity contribution >= 4 is 0 Å². The highest BCUT2D eigenvalue weighted by Crippen LogP contribution is 2.25. The molecule has 0 aromatic rings. The molecule has 1 fully saturated rings. The number of likely N-dealkylation sites (tertiary alicyclic amines) is 1. The van der Waals surface area contributed by atoms with Crippen LogP contribution in [0, 0.1) is 11.8 Å². The molecule has 3 heteroatoms. The van der Waals surface area contributed by atoms with Gasteiger partial charge in [-0.25, -0.2) is 4.90 Å². The predicted octanol–water partition coefficient (Wildman–Crippen LogP) is 2.58. The van der Waals surface area contributed by atoms with E-state index in [0.717, 1.165) is 12.8 Å². The molecule has 1 unspecified atom stereocenters. The third-order valence-corrected chi connectivity index (χ3v) is 2.71. The van der Waals surface area contributed by atoms with E-state index in [-0.39, 0.29) is 0 Å². The lowest BCUT2D eigenvalue weighted by molar-refractivity contribution is -0.0540. The quantitative estimate of drug-likeness (QED) is 0.586. The van der Waals surface area contributed by atoms with Crippen LogP contribution < -0.4 is 0 Å². The van der Waals surface area contributed by atoms with Crippen molar-refractivity contribution in [3.8, 4) is 0 Å². The number of hydrogen-bond acceptors (Lipinski definition) is 1. The maximum atomic E-state index is 12.3. The number of rotatable bonds is 2. The summed E-state index contributed by atoms with van der Waals surface area (Å²) in [7, 11) is 0. The van der Waals surface area contributed by atoms with Crippen LogP contribution in [0.15, 0.2) is 0 Å². The molecule has 12 heavy (non-hydrogen) atoms. The molecule has 0 N–H and O–H groups in total. The molecule has 0 aromatic heterocycles. The van der Waals surface area contributed by atoms with Crippen molar-refractivity contribution in [2.75, 3.05) is 13.1 Å². The Labute approximate surface area is 72.7 Å². The van der Waals surface area contributed by atoms with E-state index >= 15 is 0 Å². The first-order valence-electron chi connectivity index (χ1n) is 4.63. The highest BCUT2D eigenvalue weighted by atomic mass is 19.3. The van der Waals surface area contributed by atoms with Crippen molar-refractivity contribution in [1.29, 1.82) is 0 Å². The molecule has 0 spiro atoms. The highest BCUT2D eigenvalue weighted by Gasteiger charge is 2.26. The molecular weight excluding hydrogens is 160 g/mol. The Hall–Kier alpha value is -0.180. The molecule has 0 aromatic carbocycles. The molecule has 0 aliphatic carbocycles. The lowest BCUT2D eigenvalue weighted by Crippen LogP contribution is -2.40. The zero-order valence-corrected chi connectivity index (χ0v) is 7.76. The van der Waals surface area contributed by atoms with Gasteiger partial charge >= 0.3 is 0 Å². The van der Waals surface area contributed by atoms with Crippen molar-refractivity contribution < 1.29 is 8.78 Å². The third kappa shape index (κ3) is 2.41. The van der Waals surface area contributed by atoms with Crippen molar-refractivity contribution in [3.05, 3.63) is 0 Å². The van der Waals surface area contributed by atoms with Crippen LogP contribution in [0.2, 0.25) is 0 Å². The SMILES string of the molecule is CC(C)C1CCCN(C(F)F)C1. The van der Waals surface area contributed by atoms with Gasteiger partial charge in [0.15, 0.2) is 0 Å². The predicted molar refractivity (Wildman–Crippen MR) is 45.1 cm³/mol. The van der Waals surface area contributed by atoms with Crippen LogP contribution in [0.25, 0.3) is 0 Å². The van der Waals surface area contributed by atoms with Gasteiger partial charge in [0.2, 0.25) is 0 Å². The molecule has 72 valence electrons. The Balaban J connectivity index is 2.40. The normalized spacial score (nSPS) is 27.0. The Morgan fingerprint density at radius 3 is 2.50 bits per heavy atom. The van der Waals surface area contributed by atoms with E-state index in [1.54, 1.807) is 0 Å². The van der Waals surface area contributed by atoms with Gasteiger partial charge in [-0.05, 0) is 24.7 Å². The fraction of sp³-hybridized carbons (Fsp3) is 1.00. The minimum atomic E-state index is -2.26. The molecule has 1 aliphatic rings. The number of piperidine rings is 1. The minimum Gasteiger partial charge on any atom is -0.247 e. The van der Waals surface area contributed by atoms with Crippen molar-refractivity contribution in [3.63, 3.8) is 0 Å². The zero-order chi connectivity index (χ0) is 9.14. The largest absolute Gasteiger partial charge is 0.294 e. The second kappa shape index (κ2) is 4.17. The van der Waals surface area contributed by atoms with E-state index in [2.05, 4.69) is 13.8 Å². The standard InChI is InChI=1S/C9H17F2N/c1-7(2)8-4-3-5-12(6-8)9(10)11/h7-9H,3-6H2,1-2H3. The summed E-state index contributed by atoms with van der Waals surface area (Å²) in [4.78, 5) is 1.29. The Morgan fingerprint density at radius 2 is 2.00 bits per heavy atom. The smallest absolute Gasteiger partial charge is 0.247 e. The summed E-state index contributed by atoms with van der Waals surface area (Å²) in [5.74, 6) is 0.999. The van der Waals surface area contributed by atoms with E-state index < -0.39 is 6.55 Å². The highest BCUT2D eigenvalue weighted by molar-refractivity contribution is 4.74. The van der Waals surface area contributed by atoms with Gasteiger partial charge in [0.25, 0.3) is 6.55 Å². The van der Waals surface area contributed by atoms with Crippen LogP contribution in [0.4, 0.5) is 8.78 Å².